The molecule has 1 nitrogen and oxygen atoms in total. The van der Waals surface area contributed by atoms with E-state index in [1.807, 2.05) is 24.3 Å². The molecule has 2 atom stereocenters. The fourth-order valence-corrected chi connectivity index (χ4v) is 2.05. The van der Waals surface area contributed by atoms with Gasteiger partial charge in [0.05, 0.1) is 0 Å². The standard InChI is InChI=1S/C11H13ClFN/c12-9-3-1-2-8(6-9)11-7-10(13)4-5-14-11/h1-3,6,10-11,14H,4-5,7H2. The van der Waals surface area contributed by atoms with E-state index < -0.39 is 6.17 Å². The van der Waals surface area contributed by atoms with Crippen molar-refractivity contribution in [2.24, 2.45) is 0 Å². The SMILES string of the molecule is FC1CCNC(c2cccc(Cl)c2)C1. The van der Waals surface area contributed by atoms with E-state index in [1.165, 1.54) is 0 Å². The van der Waals surface area contributed by atoms with Gasteiger partial charge in [-0.15, -0.1) is 0 Å². The van der Waals surface area contributed by atoms with E-state index in [-0.39, 0.29) is 6.04 Å². The predicted octanol–water partition coefficient (Wildman–Crippen LogP) is 3.10. The lowest BCUT2D eigenvalue weighted by Crippen LogP contribution is -2.32. The summed E-state index contributed by atoms with van der Waals surface area (Å²) in [4.78, 5) is 0. The number of alkyl halides is 1. The first kappa shape index (κ1) is 9.94. The van der Waals surface area contributed by atoms with E-state index in [2.05, 4.69) is 5.32 Å². The largest absolute Gasteiger partial charge is 0.310 e. The van der Waals surface area contributed by atoms with Crippen LogP contribution in [0.1, 0.15) is 24.4 Å². The van der Waals surface area contributed by atoms with E-state index in [1.54, 1.807) is 0 Å². The first-order chi connectivity index (χ1) is 6.75. The molecule has 3 heteroatoms. The summed E-state index contributed by atoms with van der Waals surface area (Å²) in [7, 11) is 0. The number of nitrogens with one attached hydrogen (secondary N) is 1. The summed E-state index contributed by atoms with van der Waals surface area (Å²) in [5.41, 5.74) is 1.08. The van der Waals surface area contributed by atoms with Gasteiger partial charge in [0.15, 0.2) is 0 Å². The highest BCUT2D eigenvalue weighted by atomic mass is 35.5. The van der Waals surface area contributed by atoms with Crippen LogP contribution < -0.4 is 5.32 Å². The van der Waals surface area contributed by atoms with Gasteiger partial charge in [0.25, 0.3) is 0 Å². The number of halogens is 2. The zero-order valence-electron chi connectivity index (χ0n) is 7.84. The van der Waals surface area contributed by atoms with E-state index in [0.29, 0.717) is 17.9 Å². The molecule has 0 radical (unpaired) electrons. The van der Waals surface area contributed by atoms with Crippen LogP contribution in [0.3, 0.4) is 0 Å². The van der Waals surface area contributed by atoms with Crippen molar-refractivity contribution < 1.29 is 4.39 Å². The van der Waals surface area contributed by atoms with Crippen LogP contribution in [-0.2, 0) is 0 Å². The van der Waals surface area contributed by atoms with Crippen LogP contribution in [0, 0.1) is 0 Å². The summed E-state index contributed by atoms with van der Waals surface area (Å²) < 4.78 is 13.1. The van der Waals surface area contributed by atoms with Gasteiger partial charge in [-0.25, -0.2) is 4.39 Å². The van der Waals surface area contributed by atoms with Gasteiger partial charge in [0, 0.05) is 11.1 Å². The maximum atomic E-state index is 13.1. The highest BCUT2D eigenvalue weighted by molar-refractivity contribution is 6.30. The third-order valence-electron chi connectivity index (χ3n) is 2.59. The fourth-order valence-electron chi connectivity index (χ4n) is 1.85. The van der Waals surface area contributed by atoms with E-state index in [9.17, 15) is 4.39 Å². The zero-order chi connectivity index (χ0) is 9.97. The van der Waals surface area contributed by atoms with Crippen molar-refractivity contribution in [2.75, 3.05) is 6.54 Å². The molecule has 14 heavy (non-hydrogen) atoms. The Kier molecular flexibility index (Phi) is 3.04. The van der Waals surface area contributed by atoms with E-state index >= 15 is 0 Å². The second-order valence-corrected chi connectivity index (χ2v) is 4.12. The Balaban J connectivity index is 2.14. The molecule has 0 aliphatic carbocycles. The average molecular weight is 214 g/mol. The first-order valence-corrected chi connectivity index (χ1v) is 5.26. The Hall–Kier alpha value is -0.600. The molecule has 76 valence electrons. The normalized spacial score (nSPS) is 27.6. The third-order valence-corrected chi connectivity index (χ3v) is 2.83. The molecular formula is C11H13ClFN. The summed E-state index contributed by atoms with van der Waals surface area (Å²) in [5, 5.41) is 4.01. The Morgan fingerprint density at radius 3 is 3.00 bits per heavy atom. The summed E-state index contributed by atoms with van der Waals surface area (Å²) >= 11 is 5.88. The topological polar surface area (TPSA) is 12.0 Å². The highest BCUT2D eigenvalue weighted by Gasteiger charge is 2.21. The van der Waals surface area contributed by atoms with Crippen molar-refractivity contribution in [1.29, 1.82) is 0 Å². The van der Waals surface area contributed by atoms with Crippen molar-refractivity contribution >= 4 is 11.6 Å². The summed E-state index contributed by atoms with van der Waals surface area (Å²) in [6.45, 7) is 0.748. The minimum Gasteiger partial charge on any atom is -0.310 e. The van der Waals surface area contributed by atoms with Crippen LogP contribution in [0.25, 0.3) is 0 Å². The Labute approximate surface area is 88.3 Å². The lowest BCUT2D eigenvalue weighted by molar-refractivity contribution is 0.224. The molecule has 0 saturated carbocycles. The first-order valence-electron chi connectivity index (χ1n) is 4.88. The minimum atomic E-state index is -0.680. The van der Waals surface area contributed by atoms with Crippen LogP contribution >= 0.6 is 11.6 Å². The van der Waals surface area contributed by atoms with Crippen LogP contribution in [-0.4, -0.2) is 12.7 Å². The monoisotopic (exact) mass is 213 g/mol. The number of rotatable bonds is 1. The van der Waals surface area contributed by atoms with Crippen LogP contribution in [0.2, 0.25) is 5.02 Å². The number of hydrogen-bond donors (Lipinski definition) is 1. The third kappa shape index (κ3) is 2.25. The molecule has 1 N–H and O–H groups in total. The van der Waals surface area contributed by atoms with Crippen molar-refractivity contribution in [3.05, 3.63) is 34.9 Å². The van der Waals surface area contributed by atoms with E-state index in [0.717, 1.165) is 12.1 Å². The summed E-state index contributed by atoms with van der Waals surface area (Å²) in [5.74, 6) is 0. The molecule has 1 fully saturated rings. The Morgan fingerprint density at radius 1 is 1.43 bits per heavy atom. The van der Waals surface area contributed by atoms with Gasteiger partial charge in [0.2, 0.25) is 0 Å². The molecule has 1 aliphatic heterocycles. The molecule has 1 aromatic rings. The number of piperidine rings is 1. The molecule has 2 rings (SSSR count). The fraction of sp³-hybridized carbons (Fsp3) is 0.455. The molecule has 1 heterocycles. The van der Waals surface area contributed by atoms with Crippen molar-refractivity contribution in [2.45, 2.75) is 25.1 Å². The molecule has 1 saturated heterocycles. The van der Waals surface area contributed by atoms with Gasteiger partial charge in [0.1, 0.15) is 6.17 Å². The molecule has 0 amide bonds. The zero-order valence-corrected chi connectivity index (χ0v) is 8.60. The average Bonchev–Trinajstić information content (AvgIpc) is 2.18. The molecule has 1 aromatic carbocycles. The second-order valence-electron chi connectivity index (χ2n) is 3.68. The Morgan fingerprint density at radius 2 is 2.29 bits per heavy atom. The maximum Gasteiger partial charge on any atom is 0.103 e. The van der Waals surface area contributed by atoms with Gasteiger partial charge in [-0.3, -0.25) is 0 Å². The highest BCUT2D eigenvalue weighted by Crippen LogP contribution is 2.26. The molecule has 2 unspecified atom stereocenters. The Bertz CT molecular complexity index is 316. The van der Waals surface area contributed by atoms with Gasteiger partial charge in [-0.2, -0.15) is 0 Å². The molecule has 0 spiro atoms. The van der Waals surface area contributed by atoms with Crippen molar-refractivity contribution in [1.82, 2.24) is 5.32 Å². The predicted molar refractivity (Wildman–Crippen MR) is 56.3 cm³/mol. The van der Waals surface area contributed by atoms with E-state index in [4.69, 9.17) is 11.6 Å². The molecular weight excluding hydrogens is 201 g/mol. The van der Waals surface area contributed by atoms with Crippen LogP contribution in [0.5, 0.6) is 0 Å². The second kappa shape index (κ2) is 4.28. The van der Waals surface area contributed by atoms with Gasteiger partial charge >= 0.3 is 0 Å². The summed E-state index contributed by atoms with van der Waals surface area (Å²) in [6, 6.07) is 7.75. The minimum absolute atomic E-state index is 0.123. The summed E-state index contributed by atoms with van der Waals surface area (Å²) in [6.07, 6.45) is 0.498. The van der Waals surface area contributed by atoms with Gasteiger partial charge in [-0.1, -0.05) is 23.7 Å². The molecule has 0 bridgehead atoms. The van der Waals surface area contributed by atoms with Gasteiger partial charge < -0.3 is 5.32 Å². The van der Waals surface area contributed by atoms with Crippen LogP contribution in [0.4, 0.5) is 4.39 Å². The van der Waals surface area contributed by atoms with Crippen molar-refractivity contribution in [3.63, 3.8) is 0 Å². The lowest BCUT2D eigenvalue weighted by Gasteiger charge is -2.26. The maximum absolute atomic E-state index is 13.1. The molecule has 0 aromatic heterocycles. The van der Waals surface area contributed by atoms with Crippen LogP contribution in [0.15, 0.2) is 24.3 Å². The lowest BCUT2D eigenvalue weighted by atomic mass is 9.96. The number of benzene rings is 1. The quantitative estimate of drug-likeness (QED) is 0.756. The van der Waals surface area contributed by atoms with Gasteiger partial charge in [-0.05, 0) is 37.1 Å². The smallest absolute Gasteiger partial charge is 0.103 e. The molecule has 1 aliphatic rings. The number of hydrogen-bond acceptors (Lipinski definition) is 1. The van der Waals surface area contributed by atoms with Crippen molar-refractivity contribution in [3.8, 4) is 0 Å².